The molecule has 1 aliphatic heterocycles. The molecule has 0 saturated carbocycles. The van der Waals surface area contributed by atoms with E-state index in [4.69, 9.17) is 14.7 Å². The summed E-state index contributed by atoms with van der Waals surface area (Å²) in [5.74, 6) is 0. The molecule has 5 nitrogen and oxygen atoms in total. The third kappa shape index (κ3) is 4.21. The van der Waals surface area contributed by atoms with Crippen molar-refractivity contribution in [1.29, 1.82) is 0 Å². The molecule has 0 bridgehead atoms. The molecule has 162 valence electrons. The highest BCUT2D eigenvalue weighted by Gasteiger charge is 2.38. The van der Waals surface area contributed by atoms with Crippen LogP contribution in [-0.2, 0) is 9.57 Å². The minimum Gasteiger partial charge on any atom is -0.350 e. The van der Waals surface area contributed by atoms with E-state index in [2.05, 4.69) is 58.5 Å². The third-order valence-corrected chi connectivity index (χ3v) is 6.06. The zero-order chi connectivity index (χ0) is 21.9. The van der Waals surface area contributed by atoms with Crippen LogP contribution >= 0.6 is 15.9 Å². The van der Waals surface area contributed by atoms with Crippen LogP contribution in [0.3, 0.4) is 0 Å². The van der Waals surface area contributed by atoms with Crippen molar-refractivity contribution in [3.05, 3.63) is 101 Å². The van der Waals surface area contributed by atoms with Crippen molar-refractivity contribution in [2.45, 2.75) is 25.7 Å². The van der Waals surface area contributed by atoms with Gasteiger partial charge in [-0.25, -0.2) is 14.6 Å². The van der Waals surface area contributed by atoms with Gasteiger partial charge < -0.3 is 4.74 Å². The SMILES string of the molecule is CCOC1CC(c2cn(-c3ccccc3)nc2-c2ccc(Br)cc2)N(c2ccccc2)O1. The first kappa shape index (κ1) is 20.9. The molecule has 2 atom stereocenters. The summed E-state index contributed by atoms with van der Waals surface area (Å²) in [4.78, 5) is 6.25. The van der Waals surface area contributed by atoms with Crippen LogP contribution in [0.4, 0.5) is 5.69 Å². The van der Waals surface area contributed by atoms with Gasteiger partial charge in [0.05, 0.1) is 23.1 Å². The lowest BCUT2D eigenvalue weighted by molar-refractivity contribution is -0.115. The number of rotatable bonds is 6. The average molecular weight is 490 g/mol. The van der Waals surface area contributed by atoms with Crippen LogP contribution in [-0.4, -0.2) is 22.7 Å². The summed E-state index contributed by atoms with van der Waals surface area (Å²) in [6.45, 7) is 2.59. The summed E-state index contributed by atoms with van der Waals surface area (Å²) in [6, 6.07) is 28.6. The molecule has 1 aliphatic rings. The van der Waals surface area contributed by atoms with Gasteiger partial charge in [-0.3, -0.25) is 0 Å². The Morgan fingerprint density at radius 3 is 2.25 bits per heavy atom. The van der Waals surface area contributed by atoms with Crippen LogP contribution in [0.2, 0.25) is 0 Å². The molecule has 2 heterocycles. The summed E-state index contributed by atoms with van der Waals surface area (Å²) in [5, 5.41) is 6.97. The average Bonchev–Trinajstić information content (AvgIpc) is 3.46. The lowest BCUT2D eigenvalue weighted by Crippen LogP contribution is -2.22. The minimum absolute atomic E-state index is 0.0370. The van der Waals surface area contributed by atoms with Crippen molar-refractivity contribution in [2.24, 2.45) is 0 Å². The Morgan fingerprint density at radius 2 is 1.59 bits per heavy atom. The molecule has 0 aliphatic carbocycles. The molecule has 2 unspecified atom stereocenters. The van der Waals surface area contributed by atoms with Crippen LogP contribution in [0, 0.1) is 0 Å². The molecule has 3 aromatic carbocycles. The van der Waals surface area contributed by atoms with E-state index in [0.717, 1.165) is 32.7 Å². The van der Waals surface area contributed by atoms with Gasteiger partial charge in [0.25, 0.3) is 0 Å². The summed E-state index contributed by atoms with van der Waals surface area (Å²) in [5.41, 5.74) is 5.11. The number of para-hydroxylation sites is 2. The second-order valence-corrected chi connectivity index (χ2v) is 8.54. The molecular weight excluding hydrogens is 466 g/mol. The number of ether oxygens (including phenoxy) is 1. The molecule has 1 saturated heterocycles. The molecule has 32 heavy (non-hydrogen) atoms. The fourth-order valence-electron chi connectivity index (χ4n) is 4.05. The van der Waals surface area contributed by atoms with Gasteiger partial charge in [-0.2, -0.15) is 5.10 Å². The normalized spacial score (nSPS) is 18.2. The topological polar surface area (TPSA) is 39.5 Å². The van der Waals surface area contributed by atoms with Crippen LogP contribution in [0.15, 0.2) is 95.6 Å². The Balaban J connectivity index is 1.62. The highest BCUT2D eigenvalue weighted by molar-refractivity contribution is 9.10. The smallest absolute Gasteiger partial charge is 0.186 e. The van der Waals surface area contributed by atoms with Gasteiger partial charge >= 0.3 is 0 Å². The zero-order valence-electron chi connectivity index (χ0n) is 17.8. The molecular formula is C26H24BrN3O2. The number of hydroxylamine groups is 1. The van der Waals surface area contributed by atoms with E-state index < -0.39 is 0 Å². The van der Waals surface area contributed by atoms with Crippen molar-refractivity contribution in [1.82, 2.24) is 9.78 Å². The van der Waals surface area contributed by atoms with Crippen LogP contribution in [0.5, 0.6) is 0 Å². The molecule has 0 radical (unpaired) electrons. The molecule has 1 fully saturated rings. The predicted octanol–water partition coefficient (Wildman–Crippen LogP) is 6.55. The number of nitrogens with zero attached hydrogens (tertiary/aromatic N) is 3. The Morgan fingerprint density at radius 1 is 0.938 bits per heavy atom. The van der Waals surface area contributed by atoms with E-state index in [1.54, 1.807) is 0 Å². The largest absolute Gasteiger partial charge is 0.350 e. The van der Waals surface area contributed by atoms with Gasteiger partial charge in [-0.05, 0) is 43.3 Å². The van der Waals surface area contributed by atoms with Crippen LogP contribution in [0.1, 0.15) is 24.9 Å². The molecule has 1 aromatic heterocycles. The molecule has 5 rings (SSSR count). The van der Waals surface area contributed by atoms with Gasteiger partial charge in [0, 0.05) is 34.8 Å². The summed E-state index contributed by atoms with van der Waals surface area (Å²) in [6.07, 6.45) is 2.53. The van der Waals surface area contributed by atoms with Gasteiger partial charge in [-0.15, -0.1) is 0 Å². The van der Waals surface area contributed by atoms with Crippen molar-refractivity contribution in [2.75, 3.05) is 11.7 Å². The van der Waals surface area contributed by atoms with E-state index >= 15 is 0 Å². The second-order valence-electron chi connectivity index (χ2n) is 7.62. The van der Waals surface area contributed by atoms with Gasteiger partial charge in [0.1, 0.15) is 0 Å². The summed E-state index contributed by atoms with van der Waals surface area (Å²) in [7, 11) is 0. The number of benzene rings is 3. The molecule has 0 N–H and O–H groups in total. The molecule has 4 aromatic rings. The maximum absolute atomic E-state index is 6.25. The third-order valence-electron chi connectivity index (χ3n) is 5.53. The van der Waals surface area contributed by atoms with Crippen LogP contribution < -0.4 is 5.06 Å². The van der Waals surface area contributed by atoms with Gasteiger partial charge in [0.2, 0.25) is 0 Å². The van der Waals surface area contributed by atoms with Crippen molar-refractivity contribution in [3.8, 4) is 16.9 Å². The minimum atomic E-state index is -0.303. The van der Waals surface area contributed by atoms with E-state index in [1.165, 1.54) is 0 Å². The summed E-state index contributed by atoms with van der Waals surface area (Å²) >= 11 is 3.54. The first-order valence-electron chi connectivity index (χ1n) is 10.8. The van der Waals surface area contributed by atoms with Crippen LogP contribution in [0.25, 0.3) is 16.9 Å². The highest BCUT2D eigenvalue weighted by atomic mass is 79.9. The number of aromatic nitrogens is 2. The van der Waals surface area contributed by atoms with E-state index in [1.807, 2.05) is 65.2 Å². The van der Waals surface area contributed by atoms with E-state index in [9.17, 15) is 0 Å². The van der Waals surface area contributed by atoms with E-state index in [0.29, 0.717) is 13.0 Å². The summed E-state index contributed by atoms with van der Waals surface area (Å²) < 4.78 is 8.85. The van der Waals surface area contributed by atoms with E-state index in [-0.39, 0.29) is 12.3 Å². The van der Waals surface area contributed by atoms with Gasteiger partial charge in [0.15, 0.2) is 6.29 Å². The maximum atomic E-state index is 6.25. The number of halogens is 1. The number of anilines is 1. The monoisotopic (exact) mass is 489 g/mol. The zero-order valence-corrected chi connectivity index (χ0v) is 19.4. The fourth-order valence-corrected chi connectivity index (χ4v) is 4.32. The van der Waals surface area contributed by atoms with Crippen molar-refractivity contribution < 1.29 is 9.57 Å². The highest BCUT2D eigenvalue weighted by Crippen LogP contribution is 2.42. The Bertz CT molecular complexity index is 1160. The van der Waals surface area contributed by atoms with Crippen molar-refractivity contribution >= 4 is 21.6 Å². The Kier molecular flexibility index (Phi) is 6.08. The predicted molar refractivity (Wildman–Crippen MR) is 129 cm³/mol. The Hall–Kier alpha value is -2.93. The van der Waals surface area contributed by atoms with Gasteiger partial charge in [-0.1, -0.05) is 64.5 Å². The maximum Gasteiger partial charge on any atom is 0.186 e. The molecule has 6 heteroatoms. The fraction of sp³-hybridized carbons (Fsp3) is 0.192. The first-order valence-corrected chi connectivity index (χ1v) is 11.6. The second kappa shape index (κ2) is 9.28. The standard InChI is InChI=1S/C26H24BrN3O2/c1-2-31-25-17-24(30(32-25)22-11-7-4-8-12-22)23-18-29(21-9-5-3-6-10-21)28-26(23)19-13-15-20(27)16-14-19/h3-16,18,24-25H,2,17H2,1H3. The first-order chi connectivity index (χ1) is 15.7. The number of hydrogen-bond acceptors (Lipinski definition) is 4. The lowest BCUT2D eigenvalue weighted by atomic mass is 10.00. The quantitative estimate of drug-likeness (QED) is 0.308. The molecule has 0 spiro atoms. The van der Waals surface area contributed by atoms with Crippen molar-refractivity contribution in [3.63, 3.8) is 0 Å². The lowest BCUT2D eigenvalue weighted by Gasteiger charge is -2.24. The molecule has 0 amide bonds. The number of hydrogen-bond donors (Lipinski definition) is 0. The Labute approximate surface area is 196 Å².